The van der Waals surface area contributed by atoms with Crippen molar-refractivity contribution >= 4 is 12.0 Å². The maximum atomic E-state index is 12.1. The van der Waals surface area contributed by atoms with E-state index >= 15 is 0 Å². The molecule has 7 nitrogen and oxygen atoms in total. The Morgan fingerprint density at radius 2 is 2.32 bits per heavy atom. The van der Waals surface area contributed by atoms with Crippen molar-refractivity contribution in [2.45, 2.75) is 31.8 Å². The van der Waals surface area contributed by atoms with Gasteiger partial charge in [-0.05, 0) is 19.8 Å². The summed E-state index contributed by atoms with van der Waals surface area (Å²) in [5.41, 5.74) is 0.468. The molecule has 0 saturated carbocycles. The number of nitrogens with one attached hydrogen (secondary N) is 1. The topological polar surface area (TPSA) is 87.5 Å². The van der Waals surface area contributed by atoms with Crippen molar-refractivity contribution in [3.05, 3.63) is 18.0 Å². The standard InChI is InChI=1S/C12H18N4O3/c1-8-4-3-5-16(8)12(19)14-10(11(17)18)9-6-13-15(2)7-9/h6-8,10H,3-5H2,1-2H3,(H,14,19)(H,17,18). The zero-order valence-electron chi connectivity index (χ0n) is 11.0. The molecule has 2 rings (SSSR count). The van der Waals surface area contributed by atoms with Crippen molar-refractivity contribution in [1.29, 1.82) is 0 Å². The number of carbonyl (C=O) groups excluding carboxylic acids is 1. The number of aliphatic carboxylic acids is 1. The van der Waals surface area contributed by atoms with E-state index in [-0.39, 0.29) is 12.1 Å². The third-order valence-electron chi connectivity index (χ3n) is 3.39. The molecule has 0 aliphatic carbocycles. The van der Waals surface area contributed by atoms with Crippen LogP contribution in [0.5, 0.6) is 0 Å². The molecule has 0 bridgehead atoms. The number of rotatable bonds is 3. The summed E-state index contributed by atoms with van der Waals surface area (Å²) in [6.45, 7) is 2.64. The SMILES string of the molecule is CC1CCCN1C(=O)NC(C(=O)O)c1cnn(C)c1. The lowest BCUT2D eigenvalue weighted by Crippen LogP contribution is -2.45. The number of carbonyl (C=O) groups is 2. The van der Waals surface area contributed by atoms with Crippen LogP contribution in [-0.4, -0.2) is 44.4 Å². The minimum atomic E-state index is -1.09. The van der Waals surface area contributed by atoms with Gasteiger partial charge in [-0.25, -0.2) is 9.59 Å². The Balaban J connectivity index is 2.09. The van der Waals surface area contributed by atoms with E-state index in [1.807, 2.05) is 6.92 Å². The van der Waals surface area contributed by atoms with Gasteiger partial charge in [-0.2, -0.15) is 5.10 Å². The molecule has 7 heteroatoms. The number of aryl methyl sites for hydroxylation is 1. The Kier molecular flexibility index (Phi) is 3.73. The van der Waals surface area contributed by atoms with Gasteiger partial charge in [-0.15, -0.1) is 0 Å². The van der Waals surface area contributed by atoms with E-state index in [2.05, 4.69) is 10.4 Å². The Hall–Kier alpha value is -2.05. The predicted octanol–water partition coefficient (Wildman–Crippen LogP) is 0.740. The summed E-state index contributed by atoms with van der Waals surface area (Å²) in [5.74, 6) is -1.09. The molecule has 1 aliphatic rings. The third-order valence-corrected chi connectivity index (χ3v) is 3.39. The Morgan fingerprint density at radius 1 is 1.58 bits per heavy atom. The maximum Gasteiger partial charge on any atom is 0.331 e. The first-order valence-electron chi connectivity index (χ1n) is 6.27. The third kappa shape index (κ3) is 2.86. The number of hydrogen-bond acceptors (Lipinski definition) is 3. The number of nitrogens with zero attached hydrogens (tertiary/aromatic N) is 3. The van der Waals surface area contributed by atoms with Crippen molar-refractivity contribution in [2.24, 2.45) is 7.05 Å². The zero-order valence-corrected chi connectivity index (χ0v) is 11.0. The second-order valence-corrected chi connectivity index (χ2v) is 4.85. The first-order chi connectivity index (χ1) is 8.99. The minimum Gasteiger partial charge on any atom is -0.479 e. The largest absolute Gasteiger partial charge is 0.479 e. The smallest absolute Gasteiger partial charge is 0.331 e. The van der Waals surface area contributed by atoms with Crippen LogP contribution in [0.1, 0.15) is 31.4 Å². The number of amides is 2. The highest BCUT2D eigenvalue weighted by molar-refractivity contribution is 5.83. The van der Waals surface area contributed by atoms with E-state index in [1.54, 1.807) is 18.1 Å². The van der Waals surface area contributed by atoms with Gasteiger partial charge in [0, 0.05) is 31.4 Å². The fourth-order valence-electron chi connectivity index (χ4n) is 2.32. The monoisotopic (exact) mass is 266 g/mol. The van der Waals surface area contributed by atoms with Crippen LogP contribution in [0.15, 0.2) is 12.4 Å². The van der Waals surface area contributed by atoms with Gasteiger partial charge in [0.05, 0.1) is 6.20 Å². The summed E-state index contributed by atoms with van der Waals surface area (Å²) in [4.78, 5) is 25.0. The second kappa shape index (κ2) is 5.29. The molecule has 1 aliphatic heterocycles. The van der Waals surface area contributed by atoms with E-state index in [0.29, 0.717) is 12.1 Å². The molecule has 1 aromatic rings. The van der Waals surface area contributed by atoms with Crippen molar-refractivity contribution in [3.8, 4) is 0 Å². The minimum absolute atomic E-state index is 0.156. The number of hydrogen-bond donors (Lipinski definition) is 2. The molecule has 2 amide bonds. The molecule has 0 radical (unpaired) electrons. The van der Waals surface area contributed by atoms with Crippen LogP contribution in [0.2, 0.25) is 0 Å². The van der Waals surface area contributed by atoms with Crippen molar-refractivity contribution in [2.75, 3.05) is 6.54 Å². The van der Waals surface area contributed by atoms with Crippen LogP contribution in [0.25, 0.3) is 0 Å². The zero-order chi connectivity index (χ0) is 14.0. The first-order valence-corrected chi connectivity index (χ1v) is 6.27. The van der Waals surface area contributed by atoms with Gasteiger partial charge in [0.15, 0.2) is 6.04 Å². The van der Waals surface area contributed by atoms with E-state index in [4.69, 9.17) is 0 Å². The molecule has 2 atom stereocenters. The summed E-state index contributed by atoms with van der Waals surface area (Å²) in [6.07, 6.45) is 4.95. The van der Waals surface area contributed by atoms with Crippen LogP contribution in [0.3, 0.4) is 0 Å². The average molecular weight is 266 g/mol. The number of carboxylic acids is 1. The number of carboxylic acid groups (broad SMARTS) is 1. The lowest BCUT2D eigenvalue weighted by Gasteiger charge is -2.24. The van der Waals surface area contributed by atoms with Gasteiger partial charge in [-0.3, -0.25) is 4.68 Å². The van der Waals surface area contributed by atoms with Crippen molar-refractivity contribution in [3.63, 3.8) is 0 Å². The van der Waals surface area contributed by atoms with Gasteiger partial charge >= 0.3 is 12.0 Å². The van der Waals surface area contributed by atoms with Crippen molar-refractivity contribution in [1.82, 2.24) is 20.0 Å². The molecular formula is C12H18N4O3. The molecule has 1 fully saturated rings. The normalized spacial score (nSPS) is 20.3. The molecule has 0 aromatic carbocycles. The van der Waals surface area contributed by atoms with Gasteiger partial charge in [-0.1, -0.05) is 0 Å². The van der Waals surface area contributed by atoms with Gasteiger partial charge in [0.2, 0.25) is 0 Å². The maximum absolute atomic E-state index is 12.1. The highest BCUT2D eigenvalue weighted by Crippen LogP contribution is 2.18. The Bertz CT molecular complexity index is 485. The summed E-state index contributed by atoms with van der Waals surface area (Å²) in [6, 6.07) is -1.24. The lowest BCUT2D eigenvalue weighted by molar-refractivity contribution is -0.139. The van der Waals surface area contributed by atoms with Crippen LogP contribution in [0, 0.1) is 0 Å². The van der Waals surface area contributed by atoms with E-state index in [9.17, 15) is 14.7 Å². The molecule has 0 spiro atoms. The number of aromatic nitrogens is 2. The summed E-state index contributed by atoms with van der Waals surface area (Å²) >= 11 is 0. The van der Waals surface area contributed by atoms with Gasteiger partial charge < -0.3 is 15.3 Å². The fourth-order valence-corrected chi connectivity index (χ4v) is 2.32. The summed E-state index contributed by atoms with van der Waals surface area (Å²) < 4.78 is 1.51. The Morgan fingerprint density at radius 3 is 2.79 bits per heavy atom. The predicted molar refractivity (Wildman–Crippen MR) is 67.5 cm³/mol. The van der Waals surface area contributed by atoms with Crippen LogP contribution >= 0.6 is 0 Å². The van der Waals surface area contributed by atoms with Crippen LogP contribution < -0.4 is 5.32 Å². The molecule has 19 heavy (non-hydrogen) atoms. The molecule has 2 N–H and O–H groups in total. The van der Waals surface area contributed by atoms with E-state index in [0.717, 1.165) is 12.8 Å². The summed E-state index contributed by atoms with van der Waals surface area (Å²) in [7, 11) is 1.70. The molecule has 104 valence electrons. The van der Waals surface area contributed by atoms with Gasteiger partial charge in [0.25, 0.3) is 0 Å². The molecular weight excluding hydrogens is 248 g/mol. The molecule has 2 unspecified atom stereocenters. The fraction of sp³-hybridized carbons (Fsp3) is 0.583. The highest BCUT2D eigenvalue weighted by Gasteiger charge is 2.30. The Labute approximate surface area is 111 Å². The van der Waals surface area contributed by atoms with E-state index < -0.39 is 12.0 Å². The molecule has 1 aromatic heterocycles. The van der Waals surface area contributed by atoms with Crippen LogP contribution in [0.4, 0.5) is 4.79 Å². The number of urea groups is 1. The van der Waals surface area contributed by atoms with Crippen LogP contribution in [-0.2, 0) is 11.8 Å². The first kappa shape index (κ1) is 13.4. The number of likely N-dealkylation sites (tertiary alicyclic amines) is 1. The quantitative estimate of drug-likeness (QED) is 0.844. The average Bonchev–Trinajstić information content (AvgIpc) is 2.94. The van der Waals surface area contributed by atoms with Crippen molar-refractivity contribution < 1.29 is 14.7 Å². The molecule has 2 heterocycles. The van der Waals surface area contributed by atoms with Gasteiger partial charge in [0.1, 0.15) is 0 Å². The lowest BCUT2D eigenvalue weighted by atomic mass is 10.1. The second-order valence-electron chi connectivity index (χ2n) is 4.85. The highest BCUT2D eigenvalue weighted by atomic mass is 16.4. The van der Waals surface area contributed by atoms with E-state index in [1.165, 1.54) is 10.9 Å². The summed E-state index contributed by atoms with van der Waals surface area (Å²) in [5, 5.41) is 15.7. The molecule has 1 saturated heterocycles.